The molecule has 6 heteroatoms. The molecule has 1 aromatic rings. The van der Waals surface area contributed by atoms with Crippen LogP contribution in [0.3, 0.4) is 0 Å². The second kappa shape index (κ2) is 6.39. The lowest BCUT2D eigenvalue weighted by Crippen LogP contribution is -2.44. The van der Waals surface area contributed by atoms with Gasteiger partial charge < -0.3 is 4.90 Å². The van der Waals surface area contributed by atoms with E-state index in [0.29, 0.717) is 17.0 Å². The van der Waals surface area contributed by atoms with Crippen molar-refractivity contribution in [1.29, 1.82) is 5.26 Å². The Hall–Kier alpha value is -1.03. The molecule has 114 valence electrons. The molecule has 1 saturated heterocycles. The van der Waals surface area contributed by atoms with E-state index in [2.05, 4.69) is 18.7 Å². The number of hydrogen-bond acceptors (Lipinski definition) is 5. The minimum absolute atomic E-state index is 0.125. The number of rotatable bonds is 4. The number of benzene rings is 1. The van der Waals surface area contributed by atoms with Gasteiger partial charge >= 0.3 is 0 Å². The molecular formula is C15H20N2O2S2. The van der Waals surface area contributed by atoms with Gasteiger partial charge in [0.1, 0.15) is 0 Å². The van der Waals surface area contributed by atoms with Crippen molar-refractivity contribution >= 4 is 21.6 Å². The lowest BCUT2D eigenvalue weighted by Gasteiger charge is -2.37. The Morgan fingerprint density at radius 3 is 2.57 bits per heavy atom. The van der Waals surface area contributed by atoms with E-state index in [1.807, 2.05) is 17.8 Å². The molecule has 21 heavy (non-hydrogen) atoms. The van der Waals surface area contributed by atoms with E-state index in [1.54, 1.807) is 12.1 Å². The summed E-state index contributed by atoms with van der Waals surface area (Å²) in [6.45, 7) is 6.81. The first-order valence-electron chi connectivity index (χ1n) is 6.92. The van der Waals surface area contributed by atoms with Crippen LogP contribution in [0, 0.1) is 11.3 Å². The Bertz CT molecular complexity index is 631. The smallest absolute Gasteiger partial charge is 0.179 e. The second-order valence-corrected chi connectivity index (χ2v) is 9.75. The van der Waals surface area contributed by atoms with Crippen LogP contribution >= 0.6 is 11.8 Å². The molecule has 0 saturated carbocycles. The van der Waals surface area contributed by atoms with E-state index in [1.165, 1.54) is 12.1 Å². The number of thioether (sulfide) groups is 1. The monoisotopic (exact) mass is 324 g/mol. The van der Waals surface area contributed by atoms with Gasteiger partial charge in [-0.3, -0.25) is 0 Å². The van der Waals surface area contributed by atoms with E-state index in [4.69, 9.17) is 5.26 Å². The zero-order chi connectivity index (χ0) is 15.5. The van der Waals surface area contributed by atoms with Crippen molar-refractivity contribution < 1.29 is 8.42 Å². The SMILES string of the molecule is CC1(C)CN(CCS(=O)(=O)c2ccc(C#N)cc2)CCS1. The average Bonchev–Trinajstić information content (AvgIpc) is 2.44. The van der Waals surface area contributed by atoms with Crippen LogP contribution in [0.1, 0.15) is 19.4 Å². The second-order valence-electron chi connectivity index (χ2n) is 5.84. The molecular weight excluding hydrogens is 304 g/mol. The van der Waals surface area contributed by atoms with Gasteiger partial charge in [-0.1, -0.05) is 0 Å². The fraction of sp³-hybridized carbons (Fsp3) is 0.533. The van der Waals surface area contributed by atoms with Crippen LogP contribution in [0.25, 0.3) is 0 Å². The van der Waals surface area contributed by atoms with Gasteiger partial charge in [0.15, 0.2) is 9.84 Å². The normalized spacial score (nSPS) is 19.1. The Kier molecular flexibility index (Phi) is 4.97. The fourth-order valence-corrected chi connectivity index (χ4v) is 4.87. The van der Waals surface area contributed by atoms with E-state index in [-0.39, 0.29) is 10.5 Å². The van der Waals surface area contributed by atoms with E-state index < -0.39 is 9.84 Å². The topological polar surface area (TPSA) is 61.2 Å². The lowest BCUT2D eigenvalue weighted by molar-refractivity contribution is 0.274. The number of hydrogen-bond donors (Lipinski definition) is 0. The van der Waals surface area contributed by atoms with Gasteiger partial charge in [-0.15, -0.1) is 0 Å². The van der Waals surface area contributed by atoms with Crippen molar-refractivity contribution in [3.05, 3.63) is 29.8 Å². The van der Waals surface area contributed by atoms with Gasteiger partial charge in [0.25, 0.3) is 0 Å². The molecule has 0 amide bonds. The third kappa shape index (κ3) is 4.47. The molecule has 1 aliphatic heterocycles. The predicted molar refractivity (Wildman–Crippen MR) is 86.2 cm³/mol. The average molecular weight is 324 g/mol. The quantitative estimate of drug-likeness (QED) is 0.849. The van der Waals surface area contributed by atoms with Crippen LogP contribution in [0.15, 0.2) is 29.2 Å². The molecule has 1 aliphatic rings. The van der Waals surface area contributed by atoms with Gasteiger partial charge in [0.05, 0.1) is 22.3 Å². The van der Waals surface area contributed by atoms with Crippen molar-refractivity contribution in [3.8, 4) is 6.07 Å². The third-order valence-electron chi connectivity index (χ3n) is 3.52. The molecule has 0 N–H and O–H groups in total. The van der Waals surface area contributed by atoms with E-state index >= 15 is 0 Å². The first kappa shape index (κ1) is 16.3. The van der Waals surface area contributed by atoms with Crippen molar-refractivity contribution in [3.63, 3.8) is 0 Å². The maximum Gasteiger partial charge on any atom is 0.179 e. The van der Waals surface area contributed by atoms with Crippen molar-refractivity contribution in [2.24, 2.45) is 0 Å². The molecule has 0 aliphatic carbocycles. The Balaban J connectivity index is 1.99. The lowest BCUT2D eigenvalue weighted by atomic mass is 10.2. The largest absolute Gasteiger partial charge is 0.300 e. The zero-order valence-electron chi connectivity index (χ0n) is 12.4. The molecule has 0 aromatic heterocycles. The summed E-state index contributed by atoms with van der Waals surface area (Å²) in [6.07, 6.45) is 0. The summed E-state index contributed by atoms with van der Waals surface area (Å²) < 4.78 is 24.8. The third-order valence-corrected chi connectivity index (χ3v) is 6.53. The molecule has 0 bridgehead atoms. The van der Waals surface area contributed by atoms with E-state index in [9.17, 15) is 8.42 Å². The van der Waals surface area contributed by atoms with Gasteiger partial charge in [-0.05, 0) is 38.1 Å². The standard InChI is InChI=1S/C15H20N2O2S2/c1-15(2)12-17(7-9-20-15)8-10-21(18,19)14-5-3-13(11-16)4-6-14/h3-6H,7-10,12H2,1-2H3. The molecule has 0 atom stereocenters. The summed E-state index contributed by atoms with van der Waals surface area (Å²) in [6, 6.07) is 8.13. The molecule has 4 nitrogen and oxygen atoms in total. The van der Waals surface area contributed by atoms with Crippen molar-refractivity contribution in [2.75, 3.05) is 31.1 Å². The highest BCUT2D eigenvalue weighted by atomic mass is 32.2. The van der Waals surface area contributed by atoms with Gasteiger partial charge in [0, 0.05) is 30.1 Å². The Labute approximate surface area is 131 Å². The summed E-state index contributed by atoms with van der Waals surface area (Å²) in [4.78, 5) is 2.52. The predicted octanol–water partition coefficient (Wildman–Crippen LogP) is 2.16. The number of sulfone groups is 1. The molecule has 1 aromatic carbocycles. The van der Waals surface area contributed by atoms with Gasteiger partial charge in [0.2, 0.25) is 0 Å². The molecule has 0 unspecified atom stereocenters. The molecule has 0 spiro atoms. The van der Waals surface area contributed by atoms with E-state index in [0.717, 1.165) is 18.8 Å². The molecule has 1 fully saturated rings. The number of nitrogens with zero attached hydrogens (tertiary/aromatic N) is 2. The van der Waals surface area contributed by atoms with Crippen LogP contribution in [-0.4, -0.2) is 49.2 Å². The highest BCUT2D eigenvalue weighted by Crippen LogP contribution is 2.29. The highest BCUT2D eigenvalue weighted by molar-refractivity contribution is 8.00. The summed E-state index contributed by atoms with van der Waals surface area (Å²) in [5.74, 6) is 1.17. The first-order valence-corrected chi connectivity index (χ1v) is 9.55. The van der Waals surface area contributed by atoms with Crippen molar-refractivity contribution in [1.82, 2.24) is 4.90 Å². The summed E-state index contributed by atoms with van der Waals surface area (Å²) in [5, 5.41) is 8.75. The number of nitriles is 1. The van der Waals surface area contributed by atoms with Crippen LogP contribution < -0.4 is 0 Å². The Morgan fingerprint density at radius 2 is 2.00 bits per heavy atom. The fourth-order valence-electron chi connectivity index (χ4n) is 2.41. The van der Waals surface area contributed by atoms with Crippen LogP contribution in [0.5, 0.6) is 0 Å². The minimum Gasteiger partial charge on any atom is -0.300 e. The highest BCUT2D eigenvalue weighted by Gasteiger charge is 2.27. The Morgan fingerprint density at radius 1 is 1.33 bits per heavy atom. The molecule has 2 rings (SSSR count). The van der Waals surface area contributed by atoms with Crippen LogP contribution in [-0.2, 0) is 9.84 Å². The maximum absolute atomic E-state index is 12.3. The molecule has 0 radical (unpaired) electrons. The van der Waals surface area contributed by atoms with Crippen LogP contribution in [0.2, 0.25) is 0 Å². The summed E-state index contributed by atoms with van der Waals surface area (Å²) in [7, 11) is -3.28. The zero-order valence-corrected chi connectivity index (χ0v) is 14.0. The first-order chi connectivity index (χ1) is 9.82. The van der Waals surface area contributed by atoms with Crippen molar-refractivity contribution in [2.45, 2.75) is 23.5 Å². The summed E-state index contributed by atoms with van der Waals surface area (Å²) >= 11 is 1.94. The minimum atomic E-state index is -3.28. The van der Waals surface area contributed by atoms with Gasteiger partial charge in [-0.2, -0.15) is 17.0 Å². The van der Waals surface area contributed by atoms with Crippen LogP contribution in [0.4, 0.5) is 0 Å². The van der Waals surface area contributed by atoms with Gasteiger partial charge in [-0.25, -0.2) is 8.42 Å². The maximum atomic E-state index is 12.3. The molecule has 1 heterocycles. The summed E-state index contributed by atoms with van der Waals surface area (Å²) in [5.41, 5.74) is 0.476.